The van der Waals surface area contributed by atoms with Crippen molar-refractivity contribution in [1.29, 1.82) is 0 Å². The van der Waals surface area contributed by atoms with E-state index in [1.807, 2.05) is 19.1 Å². The molecule has 2 rings (SSSR count). The van der Waals surface area contributed by atoms with Gasteiger partial charge in [-0.3, -0.25) is 0 Å². The summed E-state index contributed by atoms with van der Waals surface area (Å²) in [5.41, 5.74) is 7.17. The topological polar surface area (TPSA) is 26.0 Å². The number of anilines is 1. The molecule has 0 fully saturated rings. The molecule has 72 valence electrons. The fourth-order valence-electron chi connectivity index (χ4n) is 1.32. The molecule has 0 aliphatic carbocycles. The Morgan fingerprint density at radius 1 is 1.21 bits per heavy atom. The van der Waals surface area contributed by atoms with Crippen LogP contribution in [-0.4, -0.2) is 0 Å². The van der Waals surface area contributed by atoms with Crippen molar-refractivity contribution in [2.24, 2.45) is 0 Å². The maximum absolute atomic E-state index is 13.0. The lowest BCUT2D eigenvalue weighted by Gasteiger charge is -2.02. The van der Waals surface area contributed by atoms with E-state index in [4.69, 9.17) is 5.73 Å². The van der Waals surface area contributed by atoms with Gasteiger partial charge in [0.1, 0.15) is 5.82 Å². The molecule has 0 saturated carbocycles. The highest BCUT2D eigenvalue weighted by Gasteiger charge is 2.05. The Morgan fingerprint density at radius 3 is 2.64 bits per heavy atom. The van der Waals surface area contributed by atoms with Crippen LogP contribution in [0.4, 0.5) is 10.1 Å². The van der Waals surface area contributed by atoms with Crippen LogP contribution in [0.1, 0.15) is 4.88 Å². The van der Waals surface area contributed by atoms with Crippen LogP contribution in [0, 0.1) is 12.7 Å². The van der Waals surface area contributed by atoms with E-state index in [1.165, 1.54) is 17.0 Å². The minimum atomic E-state index is -0.250. The molecule has 0 amide bonds. The number of benzene rings is 1. The molecule has 0 atom stereocenters. The van der Waals surface area contributed by atoms with Crippen LogP contribution in [0.2, 0.25) is 0 Å². The zero-order chi connectivity index (χ0) is 10.1. The van der Waals surface area contributed by atoms with Gasteiger partial charge in [0.15, 0.2) is 0 Å². The second-order valence-corrected chi connectivity index (χ2v) is 4.43. The molecular formula is C11H10FNS. The molecule has 1 nitrogen and oxygen atoms in total. The number of nitrogen functional groups attached to an aromatic ring is 1. The predicted octanol–water partition coefficient (Wildman–Crippen LogP) is 3.44. The maximum atomic E-state index is 13.0. The first-order valence-electron chi connectivity index (χ1n) is 4.28. The van der Waals surface area contributed by atoms with Crippen LogP contribution in [0.15, 0.2) is 30.3 Å². The number of thiophene rings is 1. The summed E-state index contributed by atoms with van der Waals surface area (Å²) in [5, 5.41) is 0. The SMILES string of the molecule is Cc1ccc(-c2cc(F)ccc2N)s1. The Morgan fingerprint density at radius 2 is 2.00 bits per heavy atom. The van der Waals surface area contributed by atoms with E-state index >= 15 is 0 Å². The summed E-state index contributed by atoms with van der Waals surface area (Å²) in [6, 6.07) is 8.41. The molecule has 0 aliphatic rings. The summed E-state index contributed by atoms with van der Waals surface area (Å²) in [6.45, 7) is 2.02. The quantitative estimate of drug-likeness (QED) is 0.712. The van der Waals surface area contributed by atoms with Crippen molar-refractivity contribution < 1.29 is 4.39 Å². The minimum Gasteiger partial charge on any atom is -0.398 e. The molecular weight excluding hydrogens is 197 g/mol. The number of nitrogens with two attached hydrogens (primary N) is 1. The molecule has 0 spiro atoms. The van der Waals surface area contributed by atoms with Crippen molar-refractivity contribution >= 4 is 17.0 Å². The normalized spacial score (nSPS) is 10.4. The molecule has 0 radical (unpaired) electrons. The van der Waals surface area contributed by atoms with Crippen LogP contribution < -0.4 is 5.73 Å². The number of aryl methyl sites for hydroxylation is 1. The number of hydrogen-bond donors (Lipinski definition) is 1. The molecule has 2 aromatic rings. The lowest BCUT2D eigenvalue weighted by Crippen LogP contribution is -1.89. The summed E-state index contributed by atoms with van der Waals surface area (Å²) in [7, 11) is 0. The Hall–Kier alpha value is -1.35. The molecule has 3 heteroatoms. The fourth-order valence-corrected chi connectivity index (χ4v) is 2.23. The summed E-state index contributed by atoms with van der Waals surface area (Å²) in [4.78, 5) is 2.21. The van der Waals surface area contributed by atoms with Crippen molar-refractivity contribution in [3.8, 4) is 10.4 Å². The molecule has 2 N–H and O–H groups in total. The van der Waals surface area contributed by atoms with Crippen LogP contribution in [-0.2, 0) is 0 Å². The fraction of sp³-hybridized carbons (Fsp3) is 0.0909. The van der Waals surface area contributed by atoms with E-state index in [0.29, 0.717) is 5.69 Å². The van der Waals surface area contributed by atoms with Crippen LogP contribution in [0.5, 0.6) is 0 Å². The van der Waals surface area contributed by atoms with Gasteiger partial charge >= 0.3 is 0 Å². The third-order valence-corrected chi connectivity index (χ3v) is 3.06. The molecule has 0 bridgehead atoms. The monoisotopic (exact) mass is 207 g/mol. The van der Waals surface area contributed by atoms with Gasteiger partial charge in [-0.25, -0.2) is 4.39 Å². The summed E-state index contributed by atoms with van der Waals surface area (Å²) in [5.74, 6) is -0.250. The number of rotatable bonds is 1. The summed E-state index contributed by atoms with van der Waals surface area (Å²) >= 11 is 1.62. The van der Waals surface area contributed by atoms with Crippen molar-refractivity contribution in [3.63, 3.8) is 0 Å². The minimum absolute atomic E-state index is 0.250. The summed E-state index contributed by atoms with van der Waals surface area (Å²) in [6.07, 6.45) is 0. The van der Waals surface area contributed by atoms with E-state index in [-0.39, 0.29) is 5.82 Å². The highest BCUT2D eigenvalue weighted by atomic mass is 32.1. The van der Waals surface area contributed by atoms with Gasteiger partial charge in [-0.05, 0) is 37.3 Å². The summed E-state index contributed by atoms with van der Waals surface area (Å²) < 4.78 is 13.0. The third-order valence-electron chi connectivity index (χ3n) is 2.02. The van der Waals surface area contributed by atoms with E-state index < -0.39 is 0 Å². The van der Waals surface area contributed by atoms with E-state index in [0.717, 1.165) is 10.4 Å². The van der Waals surface area contributed by atoms with Gasteiger partial charge in [-0.2, -0.15) is 0 Å². The second kappa shape index (κ2) is 3.42. The van der Waals surface area contributed by atoms with Gasteiger partial charge in [0, 0.05) is 21.0 Å². The number of halogens is 1. The molecule has 1 heterocycles. The van der Waals surface area contributed by atoms with Crippen molar-refractivity contribution in [2.45, 2.75) is 6.92 Å². The van der Waals surface area contributed by atoms with Gasteiger partial charge in [-0.1, -0.05) is 0 Å². The zero-order valence-corrected chi connectivity index (χ0v) is 8.57. The first-order chi connectivity index (χ1) is 6.66. The standard InChI is InChI=1S/C11H10FNS/c1-7-2-5-11(14-7)9-6-8(12)3-4-10(9)13/h2-6H,13H2,1H3. The molecule has 0 unspecified atom stereocenters. The zero-order valence-electron chi connectivity index (χ0n) is 7.75. The Kier molecular flexibility index (Phi) is 2.25. The smallest absolute Gasteiger partial charge is 0.124 e. The first kappa shape index (κ1) is 9.21. The number of hydrogen-bond acceptors (Lipinski definition) is 2. The first-order valence-corrected chi connectivity index (χ1v) is 5.10. The predicted molar refractivity (Wildman–Crippen MR) is 58.9 cm³/mol. The van der Waals surface area contributed by atoms with Crippen molar-refractivity contribution in [2.75, 3.05) is 5.73 Å². The van der Waals surface area contributed by atoms with Gasteiger partial charge in [0.2, 0.25) is 0 Å². The third kappa shape index (κ3) is 1.63. The van der Waals surface area contributed by atoms with E-state index in [9.17, 15) is 4.39 Å². The molecule has 0 saturated heterocycles. The van der Waals surface area contributed by atoms with Gasteiger partial charge in [0.25, 0.3) is 0 Å². The average molecular weight is 207 g/mol. The van der Waals surface area contributed by atoms with Crippen molar-refractivity contribution in [1.82, 2.24) is 0 Å². The Bertz CT molecular complexity index is 462. The van der Waals surface area contributed by atoms with Crippen molar-refractivity contribution in [3.05, 3.63) is 41.0 Å². The van der Waals surface area contributed by atoms with Crippen LogP contribution in [0.3, 0.4) is 0 Å². The Balaban J connectivity index is 2.55. The van der Waals surface area contributed by atoms with Gasteiger partial charge < -0.3 is 5.73 Å². The highest BCUT2D eigenvalue weighted by Crippen LogP contribution is 2.32. The van der Waals surface area contributed by atoms with Gasteiger partial charge in [-0.15, -0.1) is 11.3 Å². The molecule has 14 heavy (non-hydrogen) atoms. The maximum Gasteiger partial charge on any atom is 0.124 e. The van der Waals surface area contributed by atoms with Crippen LogP contribution >= 0.6 is 11.3 Å². The van der Waals surface area contributed by atoms with Crippen LogP contribution in [0.25, 0.3) is 10.4 Å². The lowest BCUT2D eigenvalue weighted by atomic mass is 10.1. The largest absolute Gasteiger partial charge is 0.398 e. The molecule has 1 aromatic heterocycles. The van der Waals surface area contributed by atoms with E-state index in [2.05, 4.69) is 0 Å². The molecule has 0 aliphatic heterocycles. The second-order valence-electron chi connectivity index (χ2n) is 3.14. The lowest BCUT2D eigenvalue weighted by molar-refractivity contribution is 0.628. The van der Waals surface area contributed by atoms with E-state index in [1.54, 1.807) is 17.4 Å². The van der Waals surface area contributed by atoms with Gasteiger partial charge in [0.05, 0.1) is 0 Å². The molecule has 1 aromatic carbocycles. The Labute approximate surface area is 86.0 Å². The average Bonchev–Trinajstić information content (AvgIpc) is 2.56. The highest BCUT2D eigenvalue weighted by molar-refractivity contribution is 7.15.